The maximum Gasteiger partial charge on any atom is 0.235 e. The van der Waals surface area contributed by atoms with Crippen molar-refractivity contribution in [2.45, 2.75) is 26.3 Å². The molecule has 0 saturated heterocycles. The fourth-order valence-corrected chi connectivity index (χ4v) is 1.39. The first-order valence-corrected chi connectivity index (χ1v) is 4.92. The molecule has 0 atom stereocenters. The third-order valence-electron chi connectivity index (χ3n) is 2.28. The number of hydrogen-bond acceptors (Lipinski definition) is 2. The minimum absolute atomic E-state index is 0.501. The molecule has 0 heterocycles. The van der Waals surface area contributed by atoms with Crippen LogP contribution in [0.5, 0.6) is 0 Å². The van der Waals surface area contributed by atoms with Gasteiger partial charge in [0.1, 0.15) is 0 Å². The van der Waals surface area contributed by atoms with Crippen LogP contribution in [0.15, 0.2) is 35.3 Å². The summed E-state index contributed by atoms with van der Waals surface area (Å²) in [5.41, 5.74) is 1.63. The maximum atomic E-state index is 10.3. The van der Waals surface area contributed by atoms with Crippen molar-refractivity contribution in [2.75, 3.05) is 0 Å². The smallest absolute Gasteiger partial charge is 0.211 e. The highest BCUT2D eigenvalue weighted by molar-refractivity contribution is 5.51. The Balaban J connectivity index is 3.15. The molecule has 0 aliphatic heterocycles. The second-order valence-electron chi connectivity index (χ2n) is 3.89. The summed E-state index contributed by atoms with van der Waals surface area (Å²) in [6.07, 6.45) is 5.61. The van der Waals surface area contributed by atoms with Crippen molar-refractivity contribution < 1.29 is 4.79 Å². The Morgan fingerprint density at radius 2 is 2.13 bits per heavy atom. The SMILES string of the molecule is CC=Cc1cccc(C(C)(C)N=C=O)c1. The van der Waals surface area contributed by atoms with E-state index in [2.05, 4.69) is 4.99 Å². The Bertz CT molecular complexity index is 412. The molecule has 0 aliphatic rings. The number of benzene rings is 1. The second kappa shape index (κ2) is 4.72. The molecule has 0 saturated carbocycles. The van der Waals surface area contributed by atoms with Gasteiger partial charge in [-0.3, -0.25) is 0 Å². The third kappa shape index (κ3) is 2.90. The molecular formula is C13H15NO. The molecule has 1 aromatic rings. The van der Waals surface area contributed by atoms with E-state index in [-0.39, 0.29) is 0 Å². The lowest BCUT2D eigenvalue weighted by atomic mass is 9.93. The summed E-state index contributed by atoms with van der Waals surface area (Å²) in [4.78, 5) is 14.1. The Hall–Kier alpha value is -1.66. The van der Waals surface area contributed by atoms with Crippen LogP contribution in [0, 0.1) is 0 Å². The van der Waals surface area contributed by atoms with Crippen LogP contribution in [-0.4, -0.2) is 6.08 Å². The summed E-state index contributed by atoms with van der Waals surface area (Å²) >= 11 is 0. The summed E-state index contributed by atoms with van der Waals surface area (Å²) < 4.78 is 0. The van der Waals surface area contributed by atoms with Gasteiger partial charge in [0, 0.05) is 0 Å². The van der Waals surface area contributed by atoms with Gasteiger partial charge in [0.2, 0.25) is 6.08 Å². The predicted molar refractivity (Wildman–Crippen MR) is 62.3 cm³/mol. The predicted octanol–water partition coefficient (Wildman–Crippen LogP) is 3.29. The first kappa shape index (κ1) is 11.4. The molecule has 0 aromatic heterocycles. The van der Waals surface area contributed by atoms with Crippen LogP contribution in [0.3, 0.4) is 0 Å². The highest BCUT2D eigenvalue weighted by Crippen LogP contribution is 2.25. The minimum atomic E-state index is -0.501. The lowest BCUT2D eigenvalue weighted by Gasteiger charge is -2.18. The molecule has 0 aliphatic carbocycles. The van der Waals surface area contributed by atoms with Crippen molar-refractivity contribution in [3.63, 3.8) is 0 Å². The molecular weight excluding hydrogens is 186 g/mol. The van der Waals surface area contributed by atoms with Gasteiger partial charge >= 0.3 is 0 Å². The zero-order valence-corrected chi connectivity index (χ0v) is 9.32. The number of rotatable bonds is 3. The molecule has 0 amide bonds. The molecule has 1 aromatic carbocycles. The van der Waals surface area contributed by atoms with Crippen LogP contribution in [0.2, 0.25) is 0 Å². The largest absolute Gasteiger partial charge is 0.235 e. The zero-order chi connectivity index (χ0) is 11.3. The number of nitrogens with zero attached hydrogens (tertiary/aromatic N) is 1. The minimum Gasteiger partial charge on any atom is -0.211 e. The van der Waals surface area contributed by atoms with Crippen LogP contribution in [0.25, 0.3) is 6.08 Å². The lowest BCUT2D eigenvalue weighted by molar-refractivity contribution is 0.523. The van der Waals surface area contributed by atoms with Gasteiger partial charge in [-0.05, 0) is 38.0 Å². The van der Waals surface area contributed by atoms with E-state index in [0.717, 1.165) is 11.1 Å². The van der Waals surface area contributed by atoms with Gasteiger partial charge in [-0.1, -0.05) is 30.4 Å². The summed E-state index contributed by atoms with van der Waals surface area (Å²) in [5, 5.41) is 0. The van der Waals surface area contributed by atoms with Crippen molar-refractivity contribution in [3.05, 3.63) is 41.5 Å². The van der Waals surface area contributed by atoms with Crippen LogP contribution >= 0.6 is 0 Å². The summed E-state index contributed by atoms with van der Waals surface area (Å²) in [6, 6.07) is 7.98. The van der Waals surface area contributed by atoms with Crippen molar-refractivity contribution >= 4 is 12.2 Å². The first-order chi connectivity index (χ1) is 7.10. The molecule has 2 nitrogen and oxygen atoms in total. The number of aliphatic imine (C=N–C) groups is 1. The van der Waals surface area contributed by atoms with Crippen LogP contribution in [0.4, 0.5) is 0 Å². The maximum absolute atomic E-state index is 10.3. The normalized spacial score (nSPS) is 11.4. The Morgan fingerprint density at radius 3 is 2.73 bits per heavy atom. The van der Waals surface area contributed by atoms with Crippen LogP contribution < -0.4 is 0 Å². The van der Waals surface area contributed by atoms with Crippen molar-refractivity contribution in [1.82, 2.24) is 0 Å². The average molecular weight is 201 g/mol. The second-order valence-corrected chi connectivity index (χ2v) is 3.89. The van der Waals surface area contributed by atoms with Gasteiger partial charge in [0.05, 0.1) is 5.54 Å². The van der Waals surface area contributed by atoms with Crippen molar-refractivity contribution in [3.8, 4) is 0 Å². The highest BCUT2D eigenvalue weighted by Gasteiger charge is 2.18. The van der Waals surface area contributed by atoms with E-state index in [1.54, 1.807) is 6.08 Å². The van der Waals surface area contributed by atoms with Gasteiger partial charge in [-0.25, -0.2) is 4.79 Å². The van der Waals surface area contributed by atoms with E-state index < -0.39 is 5.54 Å². The van der Waals surface area contributed by atoms with E-state index in [0.29, 0.717) is 0 Å². The zero-order valence-electron chi connectivity index (χ0n) is 9.32. The van der Waals surface area contributed by atoms with Crippen molar-refractivity contribution in [1.29, 1.82) is 0 Å². The fourth-order valence-electron chi connectivity index (χ4n) is 1.39. The molecule has 0 radical (unpaired) electrons. The molecule has 15 heavy (non-hydrogen) atoms. The molecule has 78 valence electrons. The van der Waals surface area contributed by atoms with Crippen LogP contribution in [-0.2, 0) is 10.3 Å². The fraction of sp³-hybridized carbons (Fsp3) is 0.308. The molecule has 0 unspecified atom stereocenters. The van der Waals surface area contributed by atoms with Crippen molar-refractivity contribution in [2.24, 2.45) is 4.99 Å². The van der Waals surface area contributed by atoms with Gasteiger partial charge in [-0.2, -0.15) is 4.99 Å². The Morgan fingerprint density at radius 1 is 1.40 bits per heavy atom. The van der Waals surface area contributed by atoms with E-state index in [9.17, 15) is 4.79 Å². The van der Waals surface area contributed by atoms with Gasteiger partial charge in [0.25, 0.3) is 0 Å². The number of carbonyl (C=O) groups excluding carboxylic acids is 1. The van der Waals surface area contributed by atoms with E-state index >= 15 is 0 Å². The molecule has 1 rings (SSSR count). The molecule has 0 fully saturated rings. The van der Waals surface area contributed by atoms with E-state index in [1.165, 1.54) is 0 Å². The number of allylic oxidation sites excluding steroid dienone is 1. The van der Waals surface area contributed by atoms with E-state index in [1.807, 2.05) is 57.2 Å². The van der Waals surface area contributed by atoms with Crippen LogP contribution in [0.1, 0.15) is 31.9 Å². The number of isocyanates is 1. The van der Waals surface area contributed by atoms with Gasteiger partial charge in [-0.15, -0.1) is 0 Å². The molecule has 2 heteroatoms. The van der Waals surface area contributed by atoms with Gasteiger partial charge in [0.15, 0.2) is 0 Å². The highest BCUT2D eigenvalue weighted by atomic mass is 16.1. The lowest BCUT2D eigenvalue weighted by Crippen LogP contribution is -2.13. The topological polar surface area (TPSA) is 29.4 Å². The summed E-state index contributed by atoms with van der Waals surface area (Å²) in [6.45, 7) is 5.76. The quantitative estimate of drug-likeness (QED) is 0.545. The van der Waals surface area contributed by atoms with Gasteiger partial charge < -0.3 is 0 Å². The number of hydrogen-bond donors (Lipinski definition) is 0. The average Bonchev–Trinajstić information content (AvgIpc) is 2.19. The molecule has 0 spiro atoms. The third-order valence-corrected chi connectivity index (χ3v) is 2.28. The Labute approximate surface area is 90.4 Å². The summed E-state index contributed by atoms with van der Waals surface area (Å²) in [7, 11) is 0. The Kier molecular flexibility index (Phi) is 3.59. The van der Waals surface area contributed by atoms with E-state index in [4.69, 9.17) is 0 Å². The standard InChI is InChI=1S/C13H15NO/c1-4-6-11-7-5-8-12(9-11)13(2,3)14-10-15/h4-9H,1-3H3. The molecule has 0 N–H and O–H groups in total. The monoisotopic (exact) mass is 201 g/mol. The molecule has 0 bridgehead atoms. The first-order valence-electron chi connectivity index (χ1n) is 4.92. The summed E-state index contributed by atoms with van der Waals surface area (Å²) in [5.74, 6) is 0.